The maximum atomic E-state index is 13.2. The Morgan fingerprint density at radius 2 is 1.65 bits per heavy atom. The Bertz CT molecular complexity index is 964. The number of hydrogen-bond acceptors (Lipinski definition) is 3. The third kappa shape index (κ3) is 5.76. The van der Waals surface area contributed by atoms with Gasteiger partial charge in [0.2, 0.25) is 10.0 Å². The lowest BCUT2D eigenvalue weighted by Crippen LogP contribution is -2.43. The largest absolute Gasteiger partial charge is 0.299 e. The zero-order valence-corrected chi connectivity index (χ0v) is 19.8. The smallest absolute Gasteiger partial charge is 0.243 e. The quantitative estimate of drug-likeness (QED) is 0.638. The van der Waals surface area contributed by atoms with Crippen molar-refractivity contribution in [2.45, 2.75) is 57.4 Å². The van der Waals surface area contributed by atoms with Crippen LogP contribution in [0.1, 0.15) is 50.7 Å². The van der Waals surface area contributed by atoms with Gasteiger partial charge in [0.15, 0.2) is 0 Å². The molecule has 2 saturated heterocycles. The van der Waals surface area contributed by atoms with Crippen molar-refractivity contribution >= 4 is 10.0 Å². The molecule has 4 nitrogen and oxygen atoms in total. The van der Waals surface area contributed by atoms with Gasteiger partial charge in [0.05, 0.1) is 4.90 Å². The molecule has 0 aliphatic carbocycles. The van der Waals surface area contributed by atoms with Gasteiger partial charge >= 0.3 is 0 Å². The van der Waals surface area contributed by atoms with E-state index >= 15 is 0 Å². The minimum Gasteiger partial charge on any atom is -0.299 e. The van der Waals surface area contributed by atoms with Crippen LogP contribution in [-0.4, -0.2) is 43.8 Å². The van der Waals surface area contributed by atoms with Gasteiger partial charge in [-0.05, 0) is 79.8 Å². The standard InChI is InChI=1S/C26H36N2O2S/c1-26(2)14-7-15-28(21-26)31(29,30)25-11-6-10-24(19-25)20-27-16-12-23(13-17-27)18-22-8-4-3-5-9-22/h3-6,8-11,19,23H,7,12-18,20-21H2,1-2H3. The molecule has 31 heavy (non-hydrogen) atoms. The lowest BCUT2D eigenvalue weighted by atomic mass is 9.85. The van der Waals surface area contributed by atoms with Crippen molar-refractivity contribution in [1.29, 1.82) is 0 Å². The molecule has 0 unspecified atom stereocenters. The van der Waals surface area contributed by atoms with Crippen molar-refractivity contribution in [3.05, 3.63) is 65.7 Å². The van der Waals surface area contributed by atoms with Gasteiger partial charge in [0, 0.05) is 19.6 Å². The predicted octanol–water partition coefficient (Wildman–Crippen LogP) is 4.95. The Labute approximate surface area is 188 Å². The van der Waals surface area contributed by atoms with Crippen LogP contribution in [0.25, 0.3) is 0 Å². The summed E-state index contributed by atoms with van der Waals surface area (Å²) < 4.78 is 28.2. The molecular weight excluding hydrogens is 404 g/mol. The molecule has 0 radical (unpaired) electrons. The van der Waals surface area contributed by atoms with Gasteiger partial charge in [0.1, 0.15) is 0 Å². The molecule has 4 rings (SSSR count). The molecular formula is C26H36N2O2S. The first kappa shape index (κ1) is 22.5. The van der Waals surface area contributed by atoms with E-state index in [1.54, 1.807) is 10.4 Å². The molecule has 2 aromatic rings. The second-order valence-corrected chi connectivity index (χ2v) is 12.1. The van der Waals surface area contributed by atoms with E-state index in [1.165, 1.54) is 18.4 Å². The highest BCUT2D eigenvalue weighted by Crippen LogP contribution is 2.32. The molecule has 0 saturated carbocycles. The fourth-order valence-electron chi connectivity index (χ4n) is 5.08. The summed E-state index contributed by atoms with van der Waals surface area (Å²) >= 11 is 0. The van der Waals surface area contributed by atoms with Crippen LogP contribution in [0.5, 0.6) is 0 Å². The minimum atomic E-state index is -3.42. The Morgan fingerprint density at radius 3 is 2.35 bits per heavy atom. The molecule has 5 heteroatoms. The highest BCUT2D eigenvalue weighted by molar-refractivity contribution is 7.89. The van der Waals surface area contributed by atoms with Gasteiger partial charge in [-0.15, -0.1) is 0 Å². The summed E-state index contributed by atoms with van der Waals surface area (Å²) in [5.41, 5.74) is 2.58. The van der Waals surface area contributed by atoms with Crippen LogP contribution in [0.2, 0.25) is 0 Å². The van der Waals surface area contributed by atoms with Crippen molar-refractivity contribution < 1.29 is 8.42 Å². The second kappa shape index (κ2) is 9.43. The number of piperidine rings is 2. The molecule has 0 N–H and O–H groups in total. The Kier molecular flexibility index (Phi) is 6.85. The van der Waals surface area contributed by atoms with Crippen LogP contribution >= 0.6 is 0 Å². The third-order valence-corrected chi connectivity index (χ3v) is 8.72. The third-order valence-electron chi connectivity index (χ3n) is 6.88. The molecule has 2 aliphatic rings. The van der Waals surface area contributed by atoms with E-state index in [4.69, 9.17) is 0 Å². The van der Waals surface area contributed by atoms with Gasteiger partial charge in [-0.1, -0.05) is 56.3 Å². The lowest BCUT2D eigenvalue weighted by molar-refractivity contribution is 0.177. The zero-order chi connectivity index (χ0) is 21.9. The first-order valence-corrected chi connectivity index (χ1v) is 13.1. The average molecular weight is 441 g/mol. The molecule has 2 aromatic carbocycles. The zero-order valence-electron chi connectivity index (χ0n) is 19.0. The maximum absolute atomic E-state index is 13.2. The first-order valence-electron chi connectivity index (χ1n) is 11.7. The lowest BCUT2D eigenvalue weighted by Gasteiger charge is -2.37. The molecule has 0 bridgehead atoms. The molecule has 0 amide bonds. The molecule has 2 fully saturated rings. The van der Waals surface area contributed by atoms with Gasteiger partial charge in [-0.2, -0.15) is 4.31 Å². The number of sulfonamides is 1. The van der Waals surface area contributed by atoms with E-state index in [0.717, 1.165) is 50.4 Å². The van der Waals surface area contributed by atoms with Gasteiger partial charge in [0.25, 0.3) is 0 Å². The number of benzene rings is 2. The molecule has 2 aliphatic heterocycles. The van der Waals surface area contributed by atoms with Crippen LogP contribution in [0.4, 0.5) is 0 Å². The highest BCUT2D eigenvalue weighted by atomic mass is 32.2. The van der Waals surface area contributed by atoms with E-state index in [0.29, 0.717) is 18.0 Å². The molecule has 2 heterocycles. The molecule has 0 atom stereocenters. The summed E-state index contributed by atoms with van der Waals surface area (Å²) in [6.07, 6.45) is 5.59. The van der Waals surface area contributed by atoms with Crippen molar-refractivity contribution in [2.75, 3.05) is 26.2 Å². The van der Waals surface area contributed by atoms with E-state index < -0.39 is 10.0 Å². The number of nitrogens with zero attached hydrogens (tertiary/aromatic N) is 2. The first-order chi connectivity index (χ1) is 14.8. The summed E-state index contributed by atoms with van der Waals surface area (Å²) in [4.78, 5) is 2.92. The summed E-state index contributed by atoms with van der Waals surface area (Å²) in [5, 5.41) is 0. The second-order valence-electron chi connectivity index (χ2n) is 10.2. The summed E-state index contributed by atoms with van der Waals surface area (Å²) in [6.45, 7) is 8.54. The Morgan fingerprint density at radius 1 is 0.935 bits per heavy atom. The predicted molar refractivity (Wildman–Crippen MR) is 126 cm³/mol. The highest BCUT2D eigenvalue weighted by Gasteiger charge is 2.34. The monoisotopic (exact) mass is 440 g/mol. The SMILES string of the molecule is CC1(C)CCCN(S(=O)(=O)c2cccc(CN3CCC(Cc4ccccc4)CC3)c2)C1. The molecule has 0 aromatic heterocycles. The van der Waals surface area contributed by atoms with Crippen molar-refractivity contribution in [1.82, 2.24) is 9.21 Å². The van der Waals surface area contributed by atoms with Crippen LogP contribution < -0.4 is 0 Å². The van der Waals surface area contributed by atoms with Crippen LogP contribution in [0.15, 0.2) is 59.5 Å². The number of rotatable bonds is 6. The van der Waals surface area contributed by atoms with E-state index in [2.05, 4.69) is 55.1 Å². The van der Waals surface area contributed by atoms with Crippen molar-refractivity contribution in [3.63, 3.8) is 0 Å². The van der Waals surface area contributed by atoms with Gasteiger partial charge in [-0.25, -0.2) is 8.42 Å². The van der Waals surface area contributed by atoms with E-state index in [9.17, 15) is 8.42 Å². The van der Waals surface area contributed by atoms with Gasteiger partial charge in [-0.3, -0.25) is 4.90 Å². The van der Waals surface area contributed by atoms with Crippen LogP contribution in [-0.2, 0) is 23.0 Å². The van der Waals surface area contributed by atoms with Crippen LogP contribution in [0.3, 0.4) is 0 Å². The van der Waals surface area contributed by atoms with Gasteiger partial charge < -0.3 is 0 Å². The summed E-state index contributed by atoms with van der Waals surface area (Å²) in [6, 6.07) is 18.4. The van der Waals surface area contributed by atoms with Crippen molar-refractivity contribution in [2.24, 2.45) is 11.3 Å². The van der Waals surface area contributed by atoms with Crippen LogP contribution in [0, 0.1) is 11.3 Å². The summed E-state index contributed by atoms with van der Waals surface area (Å²) in [5.74, 6) is 0.743. The molecule has 0 spiro atoms. The molecule has 168 valence electrons. The Balaban J connectivity index is 1.36. The minimum absolute atomic E-state index is 0.0486. The normalized spacial score (nSPS) is 21.2. The number of likely N-dealkylation sites (tertiary alicyclic amines) is 1. The fraction of sp³-hybridized carbons (Fsp3) is 0.538. The van der Waals surface area contributed by atoms with Crippen molar-refractivity contribution in [3.8, 4) is 0 Å². The number of hydrogen-bond donors (Lipinski definition) is 0. The fourth-order valence-corrected chi connectivity index (χ4v) is 6.82. The summed E-state index contributed by atoms with van der Waals surface area (Å²) in [7, 11) is -3.42. The Hall–Kier alpha value is -1.69. The van der Waals surface area contributed by atoms with E-state index in [-0.39, 0.29) is 5.41 Å². The topological polar surface area (TPSA) is 40.6 Å². The van der Waals surface area contributed by atoms with E-state index in [1.807, 2.05) is 12.1 Å². The maximum Gasteiger partial charge on any atom is 0.243 e. The average Bonchev–Trinajstić information content (AvgIpc) is 2.75.